The summed E-state index contributed by atoms with van der Waals surface area (Å²) in [4.78, 5) is 42.1. The average Bonchev–Trinajstić information content (AvgIpc) is 3.54. The Balaban J connectivity index is 1.69. The van der Waals surface area contributed by atoms with E-state index in [0.29, 0.717) is 38.8 Å². The molecule has 14 heteroatoms. The van der Waals surface area contributed by atoms with Gasteiger partial charge in [-0.15, -0.1) is 0 Å². The third kappa shape index (κ3) is 9.04. The summed E-state index contributed by atoms with van der Waals surface area (Å²) in [5.41, 5.74) is 1.60. The minimum atomic E-state index is -0.669. The normalized spacial score (nSPS) is 10.9. The largest absolute Gasteiger partial charge is 0.467 e. The zero-order valence-corrected chi connectivity index (χ0v) is 26.2. The summed E-state index contributed by atoms with van der Waals surface area (Å²) in [7, 11) is 1.47. The second-order valence-corrected chi connectivity index (χ2v) is 11.2. The molecule has 0 aliphatic heterocycles. The molecule has 46 heavy (non-hydrogen) atoms. The highest BCUT2D eigenvalue weighted by Crippen LogP contribution is 2.38. The Kier molecular flexibility index (Phi) is 10.9. The fraction of sp³-hybridized carbons (Fsp3) is 0.250. The second-order valence-electron chi connectivity index (χ2n) is 10.7. The number of amides is 3. The quantitative estimate of drug-likeness (QED) is 0.163. The highest BCUT2D eigenvalue weighted by molar-refractivity contribution is 6.30. The van der Waals surface area contributed by atoms with Crippen LogP contribution in [0.1, 0.15) is 43.3 Å². The van der Waals surface area contributed by atoms with Gasteiger partial charge in [0.2, 0.25) is 11.7 Å². The van der Waals surface area contributed by atoms with E-state index < -0.39 is 17.6 Å². The third-order valence-electron chi connectivity index (χ3n) is 6.05. The van der Waals surface area contributed by atoms with Gasteiger partial charge in [0.05, 0.1) is 11.9 Å². The zero-order valence-electron chi connectivity index (χ0n) is 25.5. The van der Waals surface area contributed by atoms with Crippen molar-refractivity contribution < 1.29 is 33.1 Å². The summed E-state index contributed by atoms with van der Waals surface area (Å²) >= 11 is 6.23. The molecule has 0 saturated heterocycles. The summed E-state index contributed by atoms with van der Waals surface area (Å²) in [5.74, 6) is -0.806. The first-order valence-corrected chi connectivity index (χ1v) is 14.3. The molecule has 2 heterocycles. The highest BCUT2D eigenvalue weighted by atomic mass is 35.5. The molecule has 0 radical (unpaired) electrons. The van der Waals surface area contributed by atoms with Crippen LogP contribution in [0.5, 0.6) is 5.75 Å². The molecule has 2 aromatic heterocycles. The van der Waals surface area contributed by atoms with Gasteiger partial charge in [-0.25, -0.2) is 9.78 Å². The zero-order chi connectivity index (χ0) is 33.3. The van der Waals surface area contributed by atoms with Crippen molar-refractivity contribution in [1.29, 1.82) is 5.26 Å². The van der Waals surface area contributed by atoms with Gasteiger partial charge in [0, 0.05) is 48.0 Å². The molecule has 0 aliphatic carbocycles. The molecule has 0 bridgehead atoms. The van der Waals surface area contributed by atoms with Crippen LogP contribution in [-0.4, -0.2) is 54.1 Å². The Labute approximate surface area is 269 Å². The third-order valence-corrected chi connectivity index (χ3v) is 6.29. The van der Waals surface area contributed by atoms with Crippen LogP contribution < -0.4 is 20.7 Å². The van der Waals surface area contributed by atoms with Gasteiger partial charge in [0.1, 0.15) is 23.0 Å². The number of anilines is 2. The van der Waals surface area contributed by atoms with Crippen LogP contribution >= 0.6 is 11.6 Å². The number of alkyl carbamates (subject to hydrolysis) is 1. The predicted octanol–water partition coefficient (Wildman–Crippen LogP) is 6.02. The van der Waals surface area contributed by atoms with E-state index in [1.165, 1.54) is 19.4 Å². The Morgan fingerprint density at radius 3 is 2.54 bits per heavy atom. The van der Waals surface area contributed by atoms with E-state index in [9.17, 15) is 19.6 Å². The van der Waals surface area contributed by atoms with Crippen molar-refractivity contribution in [3.8, 4) is 34.2 Å². The molecule has 4 rings (SSSR count). The molecule has 0 atom stereocenters. The van der Waals surface area contributed by atoms with E-state index in [-0.39, 0.29) is 42.8 Å². The Morgan fingerprint density at radius 2 is 1.85 bits per heavy atom. The van der Waals surface area contributed by atoms with Crippen molar-refractivity contribution in [3.63, 3.8) is 0 Å². The topological polar surface area (TPSA) is 178 Å². The summed E-state index contributed by atoms with van der Waals surface area (Å²) in [6.07, 6.45) is 0.684. The van der Waals surface area contributed by atoms with Crippen molar-refractivity contribution in [2.75, 3.05) is 31.1 Å². The van der Waals surface area contributed by atoms with E-state index in [1.807, 2.05) is 0 Å². The number of rotatable bonds is 11. The van der Waals surface area contributed by atoms with Gasteiger partial charge in [0.25, 0.3) is 5.91 Å². The number of ether oxygens (including phenoxy) is 3. The Bertz CT molecular complexity index is 1760. The first-order chi connectivity index (χ1) is 22.0. The molecule has 0 saturated carbocycles. The molecule has 0 fully saturated rings. The van der Waals surface area contributed by atoms with Crippen molar-refractivity contribution in [2.24, 2.45) is 0 Å². The maximum Gasteiger partial charge on any atom is 0.407 e. The average molecular weight is 647 g/mol. The van der Waals surface area contributed by atoms with Crippen molar-refractivity contribution in [3.05, 3.63) is 77.1 Å². The van der Waals surface area contributed by atoms with Crippen LogP contribution in [0.2, 0.25) is 5.02 Å². The fourth-order valence-electron chi connectivity index (χ4n) is 4.15. The summed E-state index contributed by atoms with van der Waals surface area (Å²) in [5, 5.41) is 22.2. The van der Waals surface area contributed by atoms with E-state index in [4.69, 9.17) is 30.3 Å². The molecule has 0 unspecified atom stereocenters. The molecular formula is C32H31ClN6O7. The number of hydrogen-bond acceptors (Lipinski definition) is 10. The summed E-state index contributed by atoms with van der Waals surface area (Å²) in [6, 6.07) is 16.9. The number of methoxy groups -OCH3 is 1. The smallest absolute Gasteiger partial charge is 0.407 e. The standard InChI is InChI=1S/C32H31ClN6O7/c1-32(2,3)45-31(42)35-12-11-28(40)37-21-7-5-6-19(14-21)23-16-25(22-9-8-20(33)15-27(22)44-18-43-4)38-29(24(23)17-34)39-30(41)26-10-13-36-46-26/h5-10,13-16H,11-12,18H2,1-4H3,(H,35,42)(H,37,40)(H,38,39,41). The van der Waals surface area contributed by atoms with E-state index >= 15 is 0 Å². The van der Waals surface area contributed by atoms with Crippen LogP contribution in [0, 0.1) is 11.3 Å². The van der Waals surface area contributed by atoms with Crippen molar-refractivity contribution in [1.82, 2.24) is 15.5 Å². The van der Waals surface area contributed by atoms with Crippen LogP contribution in [0.3, 0.4) is 0 Å². The number of hydrogen-bond donors (Lipinski definition) is 3. The number of benzene rings is 2. The Hall–Kier alpha value is -5.45. The number of pyridine rings is 1. The molecule has 0 aliphatic rings. The van der Waals surface area contributed by atoms with Crippen molar-refractivity contribution in [2.45, 2.75) is 32.8 Å². The lowest BCUT2D eigenvalue weighted by molar-refractivity contribution is -0.116. The number of carbonyl (C=O) groups excluding carboxylic acids is 3. The number of nitrogens with zero attached hydrogens (tertiary/aromatic N) is 3. The van der Waals surface area contributed by atoms with E-state index in [0.717, 1.165) is 0 Å². The van der Waals surface area contributed by atoms with Crippen LogP contribution in [-0.2, 0) is 14.3 Å². The van der Waals surface area contributed by atoms with Gasteiger partial charge >= 0.3 is 6.09 Å². The van der Waals surface area contributed by atoms with Crippen LogP contribution in [0.15, 0.2) is 65.3 Å². The number of halogens is 1. The fourth-order valence-corrected chi connectivity index (χ4v) is 4.31. The summed E-state index contributed by atoms with van der Waals surface area (Å²) < 4.78 is 20.9. The van der Waals surface area contributed by atoms with E-state index in [2.05, 4.69) is 32.2 Å². The minimum absolute atomic E-state index is 0.00897. The predicted molar refractivity (Wildman–Crippen MR) is 169 cm³/mol. The molecule has 2 aromatic carbocycles. The molecule has 4 aromatic rings. The van der Waals surface area contributed by atoms with Crippen molar-refractivity contribution >= 4 is 41.0 Å². The number of nitrogens with one attached hydrogen (secondary N) is 3. The van der Waals surface area contributed by atoms with E-state index in [1.54, 1.807) is 69.3 Å². The van der Waals surface area contributed by atoms with Gasteiger partial charge in [-0.05, 0) is 62.7 Å². The lowest BCUT2D eigenvalue weighted by Gasteiger charge is -2.19. The number of nitriles is 1. The van der Waals surface area contributed by atoms with Gasteiger partial charge in [-0.2, -0.15) is 5.26 Å². The van der Waals surface area contributed by atoms with Crippen LogP contribution in [0.25, 0.3) is 22.4 Å². The first-order valence-electron chi connectivity index (χ1n) is 13.9. The molecule has 3 amide bonds. The SMILES string of the molecule is COCOc1cc(Cl)ccc1-c1cc(-c2cccc(NC(=O)CCNC(=O)OC(C)(C)C)c2)c(C#N)c(NC(=O)c2ccno2)n1. The minimum Gasteiger partial charge on any atom is -0.467 e. The molecule has 238 valence electrons. The number of carbonyl (C=O) groups is 3. The maximum atomic E-state index is 12.9. The van der Waals surface area contributed by atoms with Gasteiger partial charge in [-0.3, -0.25) is 9.59 Å². The molecule has 13 nitrogen and oxygen atoms in total. The Morgan fingerprint density at radius 1 is 1.04 bits per heavy atom. The lowest BCUT2D eigenvalue weighted by Crippen LogP contribution is -2.34. The van der Waals surface area contributed by atoms with Gasteiger partial charge in [0.15, 0.2) is 12.6 Å². The second kappa shape index (κ2) is 15.0. The lowest BCUT2D eigenvalue weighted by atomic mass is 9.97. The first kappa shape index (κ1) is 33.4. The van der Waals surface area contributed by atoms with Gasteiger partial charge in [-0.1, -0.05) is 28.9 Å². The summed E-state index contributed by atoms with van der Waals surface area (Å²) in [6.45, 7) is 5.22. The maximum absolute atomic E-state index is 12.9. The van der Waals surface area contributed by atoms with Crippen LogP contribution in [0.4, 0.5) is 16.3 Å². The van der Waals surface area contributed by atoms with Gasteiger partial charge < -0.3 is 34.7 Å². The molecule has 3 N–H and O–H groups in total. The molecular weight excluding hydrogens is 616 g/mol. The highest BCUT2D eigenvalue weighted by Gasteiger charge is 2.21. The monoisotopic (exact) mass is 646 g/mol. The molecule has 0 spiro atoms. The number of aromatic nitrogens is 2.